The van der Waals surface area contributed by atoms with Gasteiger partial charge in [-0.25, -0.2) is 5.48 Å². The first-order valence-corrected chi connectivity index (χ1v) is 5.71. The summed E-state index contributed by atoms with van der Waals surface area (Å²) < 4.78 is 0. The lowest BCUT2D eigenvalue weighted by Gasteiger charge is -2.01. The molecule has 0 atom stereocenters. The van der Waals surface area contributed by atoms with Crippen LogP contribution in [0.5, 0.6) is 0 Å². The van der Waals surface area contributed by atoms with Crippen molar-refractivity contribution in [1.29, 1.82) is 0 Å². The van der Waals surface area contributed by atoms with Crippen LogP contribution in [0.3, 0.4) is 0 Å². The lowest BCUT2D eigenvalue weighted by molar-refractivity contribution is 0.232. The van der Waals surface area contributed by atoms with Crippen LogP contribution < -0.4 is 11.2 Å². The molecule has 0 radical (unpaired) electrons. The number of rotatable bonds is 3. The van der Waals surface area contributed by atoms with Crippen molar-refractivity contribution in [2.45, 2.75) is 0 Å². The number of hydrogen-bond donors (Lipinski definition) is 3. The Labute approximate surface area is 111 Å². The minimum Gasteiger partial charge on any atom is -0.367 e. The maximum atomic E-state index is 8.41. The Hall–Kier alpha value is -2.66. The molecule has 0 amide bonds. The molecule has 0 aliphatic carbocycles. The molecule has 2 aromatic carbocycles. The molecule has 2 rings (SSSR count). The zero-order chi connectivity index (χ0) is 13.5. The third-order valence-electron chi connectivity index (χ3n) is 2.50. The molecule has 0 saturated carbocycles. The van der Waals surface area contributed by atoms with E-state index in [2.05, 4.69) is 22.3 Å². The highest BCUT2D eigenvalue weighted by Crippen LogP contribution is 2.18. The van der Waals surface area contributed by atoms with E-state index in [-0.39, 0.29) is 5.96 Å². The smallest absolute Gasteiger partial charge is 0.237 e. The minimum absolute atomic E-state index is 0.155. The van der Waals surface area contributed by atoms with Crippen LogP contribution in [-0.4, -0.2) is 17.4 Å². The van der Waals surface area contributed by atoms with E-state index in [4.69, 9.17) is 10.9 Å². The first-order chi connectivity index (χ1) is 9.29. The molecule has 0 fully saturated rings. The molecule has 4 N–H and O–H groups in total. The second kappa shape index (κ2) is 6.32. The molecule has 0 spiro atoms. The van der Waals surface area contributed by atoms with Crippen molar-refractivity contribution in [3.05, 3.63) is 60.2 Å². The van der Waals surface area contributed by atoms with Crippen molar-refractivity contribution in [1.82, 2.24) is 5.48 Å². The monoisotopic (exact) mass is 254 g/mol. The van der Waals surface area contributed by atoms with Gasteiger partial charge in [-0.05, 0) is 16.7 Å². The topological polar surface area (TPSA) is 83.0 Å². The molecular formula is C14H14N4O. The zero-order valence-electron chi connectivity index (χ0n) is 10.2. The van der Waals surface area contributed by atoms with E-state index in [9.17, 15) is 0 Å². The first-order valence-electron chi connectivity index (χ1n) is 5.71. The fourth-order valence-electron chi connectivity index (χ4n) is 1.57. The van der Waals surface area contributed by atoms with E-state index in [1.54, 1.807) is 11.7 Å². The number of benzene rings is 2. The Morgan fingerprint density at radius 3 is 2.26 bits per heavy atom. The van der Waals surface area contributed by atoms with Crippen LogP contribution >= 0.6 is 0 Å². The van der Waals surface area contributed by atoms with Gasteiger partial charge in [0.25, 0.3) is 0 Å². The molecule has 0 heterocycles. The van der Waals surface area contributed by atoms with E-state index in [1.165, 1.54) is 0 Å². The van der Waals surface area contributed by atoms with Crippen LogP contribution in [0.25, 0.3) is 11.1 Å². The Bertz CT molecular complexity index is 576. The predicted molar refractivity (Wildman–Crippen MR) is 76.0 cm³/mol. The molecule has 0 aliphatic heterocycles. The standard InChI is InChI=1S/C14H14N4O/c15-14(18-19)17-16-10-11-6-8-13(9-7-11)12-4-2-1-3-5-12/h1-10,19H,(H3,15,17,18)/b16-10+. The molecule has 5 heteroatoms. The van der Waals surface area contributed by atoms with Gasteiger partial charge in [-0.15, -0.1) is 5.10 Å². The van der Waals surface area contributed by atoms with E-state index in [0.717, 1.165) is 16.7 Å². The van der Waals surface area contributed by atoms with E-state index in [0.29, 0.717) is 0 Å². The van der Waals surface area contributed by atoms with Gasteiger partial charge in [-0.3, -0.25) is 5.21 Å². The van der Waals surface area contributed by atoms with Crippen LogP contribution in [0.15, 0.2) is 64.8 Å². The largest absolute Gasteiger partial charge is 0.367 e. The summed E-state index contributed by atoms with van der Waals surface area (Å²) in [6.07, 6.45) is 1.55. The highest BCUT2D eigenvalue weighted by molar-refractivity contribution is 5.82. The number of nitrogens with two attached hydrogens (primary N) is 1. The van der Waals surface area contributed by atoms with E-state index < -0.39 is 0 Å². The van der Waals surface area contributed by atoms with Gasteiger partial charge in [0, 0.05) is 0 Å². The Kier molecular flexibility index (Phi) is 4.25. The van der Waals surface area contributed by atoms with Crippen molar-refractivity contribution in [3.8, 4) is 11.1 Å². The van der Waals surface area contributed by atoms with E-state index >= 15 is 0 Å². The van der Waals surface area contributed by atoms with Gasteiger partial charge in [0.2, 0.25) is 5.96 Å². The fourth-order valence-corrected chi connectivity index (χ4v) is 1.57. The van der Waals surface area contributed by atoms with Gasteiger partial charge < -0.3 is 5.73 Å². The molecule has 2 aromatic rings. The SMILES string of the molecule is N/C(=N\N=C\c1ccc(-c2ccccc2)cc1)NO. The molecule has 96 valence electrons. The molecule has 0 aliphatic rings. The Morgan fingerprint density at radius 2 is 1.63 bits per heavy atom. The third kappa shape index (κ3) is 3.65. The van der Waals surface area contributed by atoms with Crippen LogP contribution in [0, 0.1) is 0 Å². The van der Waals surface area contributed by atoms with Crippen molar-refractivity contribution in [3.63, 3.8) is 0 Å². The van der Waals surface area contributed by atoms with E-state index in [1.807, 2.05) is 42.5 Å². The summed E-state index contributed by atoms with van der Waals surface area (Å²) >= 11 is 0. The maximum Gasteiger partial charge on any atom is 0.237 e. The van der Waals surface area contributed by atoms with Gasteiger partial charge >= 0.3 is 0 Å². The lowest BCUT2D eigenvalue weighted by Crippen LogP contribution is -2.27. The minimum atomic E-state index is -0.155. The fraction of sp³-hybridized carbons (Fsp3) is 0. The summed E-state index contributed by atoms with van der Waals surface area (Å²) in [5.41, 5.74) is 10.1. The zero-order valence-corrected chi connectivity index (χ0v) is 10.2. The van der Waals surface area contributed by atoms with Crippen LogP contribution in [0.1, 0.15) is 5.56 Å². The highest BCUT2D eigenvalue weighted by atomic mass is 16.5. The van der Waals surface area contributed by atoms with Crippen molar-refractivity contribution in [2.75, 3.05) is 0 Å². The number of guanidine groups is 1. The predicted octanol–water partition coefficient (Wildman–Crippen LogP) is 1.98. The van der Waals surface area contributed by atoms with Gasteiger partial charge in [0.1, 0.15) is 0 Å². The summed E-state index contributed by atoms with van der Waals surface area (Å²) in [5, 5.41) is 15.7. The second-order valence-electron chi connectivity index (χ2n) is 3.83. The average Bonchev–Trinajstić information content (AvgIpc) is 2.48. The Morgan fingerprint density at radius 1 is 1.00 bits per heavy atom. The van der Waals surface area contributed by atoms with Gasteiger partial charge in [-0.1, -0.05) is 54.6 Å². The van der Waals surface area contributed by atoms with Gasteiger partial charge in [0.05, 0.1) is 6.21 Å². The summed E-state index contributed by atoms with van der Waals surface area (Å²) in [4.78, 5) is 0. The molecule has 0 saturated heterocycles. The maximum absolute atomic E-state index is 8.41. The molecule has 0 bridgehead atoms. The summed E-state index contributed by atoms with van der Waals surface area (Å²) in [6, 6.07) is 18.0. The number of nitrogens with one attached hydrogen (secondary N) is 1. The first kappa shape index (κ1) is 12.8. The molecule has 5 nitrogen and oxygen atoms in total. The van der Waals surface area contributed by atoms with Gasteiger partial charge in [0.15, 0.2) is 0 Å². The molecule has 0 unspecified atom stereocenters. The van der Waals surface area contributed by atoms with Crippen molar-refractivity contribution >= 4 is 12.2 Å². The van der Waals surface area contributed by atoms with Gasteiger partial charge in [-0.2, -0.15) is 5.10 Å². The highest BCUT2D eigenvalue weighted by Gasteiger charge is 1.95. The Balaban J connectivity index is 2.11. The summed E-state index contributed by atoms with van der Waals surface area (Å²) in [6.45, 7) is 0. The van der Waals surface area contributed by atoms with Crippen LogP contribution in [-0.2, 0) is 0 Å². The molecular weight excluding hydrogens is 240 g/mol. The number of hydroxylamine groups is 1. The third-order valence-corrected chi connectivity index (χ3v) is 2.50. The molecule has 19 heavy (non-hydrogen) atoms. The van der Waals surface area contributed by atoms with Crippen LogP contribution in [0.4, 0.5) is 0 Å². The van der Waals surface area contributed by atoms with Crippen molar-refractivity contribution in [2.24, 2.45) is 15.9 Å². The normalized spacial score (nSPS) is 11.7. The number of nitrogens with zero attached hydrogens (tertiary/aromatic N) is 2. The van der Waals surface area contributed by atoms with Crippen LogP contribution in [0.2, 0.25) is 0 Å². The quantitative estimate of drug-likeness (QED) is 0.445. The average molecular weight is 254 g/mol. The van der Waals surface area contributed by atoms with Crippen molar-refractivity contribution < 1.29 is 5.21 Å². The summed E-state index contributed by atoms with van der Waals surface area (Å²) in [7, 11) is 0. The summed E-state index contributed by atoms with van der Waals surface area (Å²) in [5.74, 6) is -0.155. The second-order valence-corrected chi connectivity index (χ2v) is 3.83. The lowest BCUT2D eigenvalue weighted by atomic mass is 10.0. The molecule has 0 aromatic heterocycles. The number of hydrogen-bond acceptors (Lipinski definition) is 3.